The van der Waals surface area contributed by atoms with Crippen LogP contribution < -0.4 is 20.1 Å². The first-order valence-corrected chi connectivity index (χ1v) is 9.94. The summed E-state index contributed by atoms with van der Waals surface area (Å²) in [5.41, 5.74) is 1.00. The van der Waals surface area contributed by atoms with Crippen LogP contribution in [-0.2, 0) is 9.59 Å². The molecule has 0 unspecified atom stereocenters. The van der Waals surface area contributed by atoms with Gasteiger partial charge in [0.05, 0.1) is 27.3 Å². The average Bonchev–Trinajstić information content (AvgIpc) is 2.81. The first-order chi connectivity index (χ1) is 15.4. The van der Waals surface area contributed by atoms with E-state index >= 15 is 0 Å². The van der Waals surface area contributed by atoms with Gasteiger partial charge in [-0.05, 0) is 29.7 Å². The molecular formula is C24H25N3O5. The quantitative estimate of drug-likeness (QED) is 0.567. The van der Waals surface area contributed by atoms with Crippen LogP contribution in [0.25, 0.3) is 10.8 Å². The number of ether oxygens (including phenoxy) is 2. The fraction of sp³-hybridized carbons (Fsp3) is 0.208. The maximum absolute atomic E-state index is 12.4. The maximum Gasteiger partial charge on any atom is 0.251 e. The van der Waals surface area contributed by atoms with Gasteiger partial charge in [0, 0.05) is 23.7 Å². The molecule has 3 amide bonds. The summed E-state index contributed by atoms with van der Waals surface area (Å²) in [6, 6.07) is 18.0. The zero-order chi connectivity index (χ0) is 23.1. The van der Waals surface area contributed by atoms with Gasteiger partial charge in [-0.15, -0.1) is 0 Å². The molecule has 0 bridgehead atoms. The molecule has 32 heavy (non-hydrogen) atoms. The highest BCUT2D eigenvalue weighted by atomic mass is 16.5. The van der Waals surface area contributed by atoms with Gasteiger partial charge in [0.2, 0.25) is 11.8 Å². The van der Waals surface area contributed by atoms with Gasteiger partial charge in [-0.25, -0.2) is 0 Å². The number of nitrogens with one attached hydrogen (secondary N) is 2. The molecule has 0 saturated carbocycles. The number of anilines is 1. The van der Waals surface area contributed by atoms with Crippen molar-refractivity contribution in [1.29, 1.82) is 0 Å². The molecule has 8 heteroatoms. The van der Waals surface area contributed by atoms with E-state index in [2.05, 4.69) is 10.6 Å². The van der Waals surface area contributed by atoms with Crippen LogP contribution in [0.4, 0.5) is 5.69 Å². The number of likely N-dealkylation sites (N-methyl/N-ethyl adjacent to an activating group) is 1. The Labute approximate surface area is 186 Å². The molecule has 0 atom stereocenters. The molecule has 166 valence electrons. The fourth-order valence-electron chi connectivity index (χ4n) is 3.20. The molecule has 2 N–H and O–H groups in total. The van der Waals surface area contributed by atoms with Crippen LogP contribution in [0.15, 0.2) is 60.7 Å². The molecule has 8 nitrogen and oxygen atoms in total. The molecule has 0 aliphatic rings. The standard InChI is InChI=1S/C24H25N3O5/c1-27(15-22(28)26-19-10-6-8-16-7-4-5-9-18(16)19)23(29)14-25-24(30)17-11-12-20(31-2)21(13-17)32-3/h4-13H,14-15H2,1-3H3,(H,25,30)(H,26,28). The highest BCUT2D eigenvalue weighted by Crippen LogP contribution is 2.27. The van der Waals surface area contributed by atoms with Crippen LogP contribution in [0.3, 0.4) is 0 Å². The fourth-order valence-corrected chi connectivity index (χ4v) is 3.20. The summed E-state index contributed by atoms with van der Waals surface area (Å²) in [5.74, 6) is -0.256. The summed E-state index contributed by atoms with van der Waals surface area (Å²) in [5, 5.41) is 7.32. The molecule has 0 aromatic heterocycles. The SMILES string of the molecule is COc1ccc(C(=O)NCC(=O)N(C)CC(=O)Nc2cccc3ccccc23)cc1OC. The number of amides is 3. The highest BCUT2D eigenvalue weighted by molar-refractivity contribution is 6.03. The van der Waals surface area contributed by atoms with E-state index in [0.717, 1.165) is 10.8 Å². The summed E-state index contributed by atoms with van der Waals surface area (Å²) >= 11 is 0. The molecule has 0 fully saturated rings. The summed E-state index contributed by atoms with van der Waals surface area (Å²) in [7, 11) is 4.48. The molecule has 3 aromatic carbocycles. The Balaban J connectivity index is 1.54. The van der Waals surface area contributed by atoms with Gasteiger partial charge in [-0.1, -0.05) is 36.4 Å². The molecular weight excluding hydrogens is 410 g/mol. The van der Waals surface area contributed by atoms with E-state index in [-0.39, 0.29) is 19.0 Å². The zero-order valence-corrected chi connectivity index (χ0v) is 18.2. The number of fused-ring (bicyclic) bond motifs is 1. The topological polar surface area (TPSA) is 97.0 Å². The van der Waals surface area contributed by atoms with Crippen LogP contribution in [0.2, 0.25) is 0 Å². The van der Waals surface area contributed by atoms with Gasteiger partial charge < -0.3 is 25.0 Å². The molecule has 0 aliphatic carbocycles. The van der Waals surface area contributed by atoms with E-state index in [9.17, 15) is 14.4 Å². The summed E-state index contributed by atoms with van der Waals surface area (Å²) in [6.45, 7) is -0.389. The number of hydrogen-bond donors (Lipinski definition) is 2. The molecule has 0 saturated heterocycles. The number of carbonyl (C=O) groups excluding carboxylic acids is 3. The lowest BCUT2D eigenvalue weighted by Gasteiger charge is -2.18. The largest absolute Gasteiger partial charge is 0.493 e. The van der Waals surface area contributed by atoms with Gasteiger partial charge in [-0.2, -0.15) is 0 Å². The monoisotopic (exact) mass is 435 g/mol. The Bertz CT molecular complexity index is 1140. The number of benzene rings is 3. The van der Waals surface area contributed by atoms with E-state index in [0.29, 0.717) is 22.7 Å². The maximum atomic E-state index is 12.4. The number of nitrogens with zero attached hydrogens (tertiary/aromatic N) is 1. The smallest absolute Gasteiger partial charge is 0.251 e. The highest BCUT2D eigenvalue weighted by Gasteiger charge is 2.16. The molecule has 3 rings (SSSR count). The molecule has 0 aliphatic heterocycles. The number of rotatable bonds is 8. The van der Waals surface area contributed by atoms with E-state index in [1.165, 1.54) is 32.2 Å². The number of carbonyl (C=O) groups is 3. The van der Waals surface area contributed by atoms with E-state index in [1.807, 2.05) is 42.5 Å². The van der Waals surface area contributed by atoms with Gasteiger partial charge in [0.1, 0.15) is 0 Å². The Hall–Kier alpha value is -4.07. The average molecular weight is 435 g/mol. The Morgan fingerprint density at radius 1 is 0.906 bits per heavy atom. The van der Waals surface area contributed by atoms with Gasteiger partial charge in [0.15, 0.2) is 11.5 Å². The molecule has 0 radical (unpaired) electrons. The third-order valence-corrected chi connectivity index (χ3v) is 4.92. The van der Waals surface area contributed by atoms with Crippen molar-refractivity contribution in [3.05, 3.63) is 66.2 Å². The van der Waals surface area contributed by atoms with Crippen LogP contribution in [-0.4, -0.2) is 57.0 Å². The van der Waals surface area contributed by atoms with E-state index < -0.39 is 11.8 Å². The van der Waals surface area contributed by atoms with Crippen LogP contribution >= 0.6 is 0 Å². The second kappa shape index (κ2) is 10.3. The first-order valence-electron chi connectivity index (χ1n) is 9.94. The minimum absolute atomic E-state index is 0.145. The molecule has 3 aromatic rings. The second-order valence-corrected chi connectivity index (χ2v) is 7.08. The Kier molecular flexibility index (Phi) is 7.28. The zero-order valence-electron chi connectivity index (χ0n) is 18.2. The third kappa shape index (κ3) is 5.34. The summed E-state index contributed by atoms with van der Waals surface area (Å²) in [4.78, 5) is 38.5. The van der Waals surface area contributed by atoms with Crippen LogP contribution in [0.5, 0.6) is 11.5 Å². The third-order valence-electron chi connectivity index (χ3n) is 4.92. The van der Waals surface area contributed by atoms with E-state index in [1.54, 1.807) is 12.1 Å². The van der Waals surface area contributed by atoms with Crippen molar-refractivity contribution in [2.45, 2.75) is 0 Å². The van der Waals surface area contributed by atoms with Crippen molar-refractivity contribution in [1.82, 2.24) is 10.2 Å². The Morgan fingerprint density at radius 3 is 2.38 bits per heavy atom. The van der Waals surface area contributed by atoms with E-state index in [4.69, 9.17) is 9.47 Å². The van der Waals surface area contributed by atoms with Crippen molar-refractivity contribution in [3.63, 3.8) is 0 Å². The van der Waals surface area contributed by atoms with Crippen molar-refractivity contribution in [2.24, 2.45) is 0 Å². The second-order valence-electron chi connectivity index (χ2n) is 7.08. The lowest BCUT2D eigenvalue weighted by atomic mass is 10.1. The van der Waals surface area contributed by atoms with Crippen molar-refractivity contribution < 1.29 is 23.9 Å². The van der Waals surface area contributed by atoms with Crippen molar-refractivity contribution in [2.75, 3.05) is 39.7 Å². The van der Waals surface area contributed by atoms with Crippen molar-refractivity contribution >= 4 is 34.2 Å². The number of methoxy groups -OCH3 is 2. The van der Waals surface area contributed by atoms with Crippen LogP contribution in [0.1, 0.15) is 10.4 Å². The summed E-state index contributed by atoms with van der Waals surface area (Å²) < 4.78 is 10.3. The summed E-state index contributed by atoms with van der Waals surface area (Å²) in [6.07, 6.45) is 0. The minimum Gasteiger partial charge on any atom is -0.493 e. The predicted molar refractivity (Wildman–Crippen MR) is 122 cm³/mol. The molecule has 0 spiro atoms. The first kappa shape index (κ1) is 22.6. The lowest BCUT2D eigenvalue weighted by molar-refractivity contribution is -0.132. The number of hydrogen-bond acceptors (Lipinski definition) is 5. The molecule has 0 heterocycles. The Morgan fingerprint density at radius 2 is 1.62 bits per heavy atom. The lowest BCUT2D eigenvalue weighted by Crippen LogP contribution is -2.41. The van der Waals surface area contributed by atoms with Crippen molar-refractivity contribution in [3.8, 4) is 11.5 Å². The minimum atomic E-state index is -0.437. The van der Waals surface area contributed by atoms with Gasteiger partial charge in [0.25, 0.3) is 5.91 Å². The normalized spacial score (nSPS) is 10.3. The predicted octanol–water partition coefficient (Wildman–Crippen LogP) is 2.68. The van der Waals surface area contributed by atoms with Crippen LogP contribution in [0, 0.1) is 0 Å². The van der Waals surface area contributed by atoms with Gasteiger partial charge in [-0.3, -0.25) is 14.4 Å². The van der Waals surface area contributed by atoms with Gasteiger partial charge >= 0.3 is 0 Å².